The number of carboxylic acid groups (broad SMARTS) is 1. The largest absolute Gasteiger partial charge is 0.478 e. The molecule has 0 aliphatic heterocycles. The van der Waals surface area contributed by atoms with Gasteiger partial charge in [0.1, 0.15) is 5.75 Å². The van der Waals surface area contributed by atoms with E-state index in [4.69, 9.17) is 21.4 Å². The maximum Gasteiger partial charge on any atom is 0.337 e. The number of benzene rings is 1. The number of hydrogen-bond acceptors (Lipinski definition) is 3. The van der Waals surface area contributed by atoms with Crippen molar-refractivity contribution < 1.29 is 14.6 Å². The van der Waals surface area contributed by atoms with Gasteiger partial charge in [-0.2, -0.15) is 0 Å². The van der Waals surface area contributed by atoms with E-state index in [1.807, 2.05) is 0 Å². The smallest absolute Gasteiger partial charge is 0.337 e. The van der Waals surface area contributed by atoms with E-state index in [0.717, 1.165) is 0 Å². The Balaban J connectivity index is 2.13. The third-order valence-corrected chi connectivity index (χ3v) is 2.27. The van der Waals surface area contributed by atoms with Crippen LogP contribution in [0.25, 0.3) is 0 Å². The second-order valence-corrected chi connectivity index (χ2v) is 3.68. The Morgan fingerprint density at radius 1 is 1.18 bits per heavy atom. The molecule has 0 amide bonds. The van der Waals surface area contributed by atoms with Gasteiger partial charge in [-0.3, -0.25) is 0 Å². The molecule has 2 rings (SSSR count). The average Bonchev–Trinajstić information content (AvgIpc) is 2.33. The molecule has 0 saturated carbocycles. The lowest BCUT2D eigenvalue weighted by Crippen LogP contribution is -1.97. The molecule has 0 aliphatic carbocycles. The van der Waals surface area contributed by atoms with Crippen LogP contribution in [0.3, 0.4) is 0 Å². The topological polar surface area (TPSA) is 59.4 Å². The first kappa shape index (κ1) is 11.4. The molecule has 2 aromatic rings. The van der Waals surface area contributed by atoms with Crippen molar-refractivity contribution in [2.75, 3.05) is 0 Å². The minimum absolute atomic E-state index is 0.119. The van der Waals surface area contributed by atoms with Crippen LogP contribution in [0.2, 0.25) is 5.02 Å². The van der Waals surface area contributed by atoms with Crippen LogP contribution in [0.15, 0.2) is 42.6 Å². The van der Waals surface area contributed by atoms with Gasteiger partial charge in [-0.05, 0) is 30.3 Å². The van der Waals surface area contributed by atoms with Crippen LogP contribution in [-0.2, 0) is 0 Å². The second-order valence-electron chi connectivity index (χ2n) is 3.25. The molecule has 1 aromatic carbocycles. The molecule has 1 heterocycles. The first-order chi connectivity index (χ1) is 8.15. The molecular weight excluding hydrogens is 242 g/mol. The third kappa shape index (κ3) is 2.95. The lowest BCUT2D eigenvalue weighted by Gasteiger charge is -2.04. The maximum absolute atomic E-state index is 10.6. The van der Waals surface area contributed by atoms with Crippen molar-refractivity contribution in [3.8, 4) is 11.6 Å². The summed E-state index contributed by atoms with van der Waals surface area (Å²) in [5.41, 5.74) is 0.119. The fourth-order valence-electron chi connectivity index (χ4n) is 1.19. The summed E-state index contributed by atoms with van der Waals surface area (Å²) in [5, 5.41) is 9.32. The van der Waals surface area contributed by atoms with Gasteiger partial charge in [-0.25, -0.2) is 9.78 Å². The number of nitrogens with zero attached hydrogens (tertiary/aromatic N) is 1. The minimum Gasteiger partial charge on any atom is -0.478 e. The van der Waals surface area contributed by atoms with Crippen LogP contribution in [0, 0.1) is 0 Å². The van der Waals surface area contributed by atoms with E-state index < -0.39 is 5.97 Å². The molecule has 17 heavy (non-hydrogen) atoms. The Hall–Kier alpha value is -2.07. The number of hydrogen-bond donors (Lipinski definition) is 1. The van der Waals surface area contributed by atoms with Crippen molar-refractivity contribution in [3.05, 3.63) is 53.2 Å². The zero-order valence-electron chi connectivity index (χ0n) is 8.63. The Labute approximate surface area is 102 Å². The van der Waals surface area contributed by atoms with Crippen molar-refractivity contribution in [2.24, 2.45) is 0 Å². The van der Waals surface area contributed by atoms with Gasteiger partial charge in [0.05, 0.1) is 5.56 Å². The highest BCUT2D eigenvalue weighted by atomic mass is 35.5. The summed E-state index contributed by atoms with van der Waals surface area (Å²) in [6, 6.07) is 9.73. The monoisotopic (exact) mass is 249 g/mol. The summed E-state index contributed by atoms with van der Waals surface area (Å²) in [7, 11) is 0. The van der Waals surface area contributed by atoms with Gasteiger partial charge in [0, 0.05) is 17.3 Å². The average molecular weight is 250 g/mol. The van der Waals surface area contributed by atoms with Gasteiger partial charge < -0.3 is 9.84 Å². The zero-order valence-corrected chi connectivity index (χ0v) is 9.39. The van der Waals surface area contributed by atoms with Crippen LogP contribution < -0.4 is 4.74 Å². The summed E-state index contributed by atoms with van der Waals surface area (Å²) < 4.78 is 5.41. The van der Waals surface area contributed by atoms with Crippen LogP contribution in [0.1, 0.15) is 10.4 Å². The molecule has 1 aromatic heterocycles. The molecule has 1 N–H and O–H groups in total. The lowest BCUT2D eigenvalue weighted by atomic mass is 10.3. The molecule has 0 aliphatic rings. The number of aromatic carboxylic acids is 1. The molecule has 86 valence electrons. The first-order valence-corrected chi connectivity index (χ1v) is 5.16. The molecule has 0 radical (unpaired) electrons. The fourth-order valence-corrected chi connectivity index (χ4v) is 1.32. The minimum atomic E-state index is -1.02. The summed E-state index contributed by atoms with van der Waals surface area (Å²) in [6.45, 7) is 0. The summed E-state index contributed by atoms with van der Waals surface area (Å²) >= 11 is 5.73. The standard InChI is InChI=1S/C12H8ClNO3/c13-9-2-4-10(5-3-9)17-11-6-1-8(7-14-11)12(15)16/h1-7H,(H,15,16). The Bertz CT molecular complexity index is 522. The summed E-state index contributed by atoms with van der Waals surface area (Å²) in [5.74, 6) is -0.0992. The predicted molar refractivity (Wildman–Crippen MR) is 62.7 cm³/mol. The molecule has 4 nitrogen and oxygen atoms in total. The second kappa shape index (κ2) is 4.84. The lowest BCUT2D eigenvalue weighted by molar-refractivity contribution is 0.0696. The van der Waals surface area contributed by atoms with Gasteiger partial charge in [-0.15, -0.1) is 0 Å². The summed E-state index contributed by atoms with van der Waals surface area (Å²) in [4.78, 5) is 14.5. The molecule has 0 saturated heterocycles. The number of pyridine rings is 1. The zero-order chi connectivity index (χ0) is 12.3. The van der Waals surface area contributed by atoms with Crippen LogP contribution in [0.4, 0.5) is 0 Å². The van der Waals surface area contributed by atoms with Crippen molar-refractivity contribution in [1.82, 2.24) is 4.98 Å². The van der Waals surface area contributed by atoms with Crippen LogP contribution in [-0.4, -0.2) is 16.1 Å². The van der Waals surface area contributed by atoms with E-state index >= 15 is 0 Å². The normalized spacial score (nSPS) is 9.94. The van der Waals surface area contributed by atoms with Crippen LogP contribution in [0.5, 0.6) is 11.6 Å². The van der Waals surface area contributed by atoms with E-state index in [-0.39, 0.29) is 5.56 Å². The van der Waals surface area contributed by atoms with E-state index in [2.05, 4.69) is 4.98 Å². The Kier molecular flexibility index (Phi) is 3.25. The van der Waals surface area contributed by atoms with Gasteiger partial charge in [-0.1, -0.05) is 11.6 Å². The predicted octanol–water partition coefficient (Wildman–Crippen LogP) is 3.23. The van der Waals surface area contributed by atoms with Gasteiger partial charge in [0.25, 0.3) is 0 Å². The summed E-state index contributed by atoms with van der Waals surface area (Å²) in [6.07, 6.45) is 1.24. The third-order valence-electron chi connectivity index (χ3n) is 2.02. The number of ether oxygens (including phenoxy) is 1. The quantitative estimate of drug-likeness (QED) is 0.907. The molecule has 0 atom stereocenters. The SMILES string of the molecule is O=C(O)c1ccc(Oc2ccc(Cl)cc2)nc1. The highest BCUT2D eigenvalue weighted by molar-refractivity contribution is 6.30. The maximum atomic E-state index is 10.6. The van der Waals surface area contributed by atoms with Crippen molar-refractivity contribution in [3.63, 3.8) is 0 Å². The molecular formula is C12H8ClNO3. The van der Waals surface area contributed by atoms with Gasteiger partial charge in [0.15, 0.2) is 0 Å². The molecule has 0 fully saturated rings. The number of aromatic nitrogens is 1. The number of rotatable bonds is 3. The molecule has 0 bridgehead atoms. The number of halogens is 1. The molecule has 5 heteroatoms. The van der Waals surface area contributed by atoms with Gasteiger partial charge >= 0.3 is 5.97 Å². The Morgan fingerprint density at radius 3 is 2.41 bits per heavy atom. The number of carbonyl (C=O) groups is 1. The highest BCUT2D eigenvalue weighted by Gasteiger charge is 2.04. The molecule has 0 unspecified atom stereocenters. The van der Waals surface area contributed by atoms with Crippen molar-refractivity contribution in [1.29, 1.82) is 0 Å². The first-order valence-electron chi connectivity index (χ1n) is 4.78. The van der Waals surface area contributed by atoms with E-state index in [0.29, 0.717) is 16.7 Å². The highest BCUT2D eigenvalue weighted by Crippen LogP contribution is 2.21. The fraction of sp³-hybridized carbons (Fsp3) is 0. The van der Waals surface area contributed by atoms with E-state index in [1.165, 1.54) is 18.3 Å². The molecule has 0 spiro atoms. The Morgan fingerprint density at radius 2 is 1.88 bits per heavy atom. The van der Waals surface area contributed by atoms with Gasteiger partial charge in [0.2, 0.25) is 5.88 Å². The van der Waals surface area contributed by atoms with E-state index in [9.17, 15) is 4.79 Å². The van der Waals surface area contributed by atoms with Crippen molar-refractivity contribution >= 4 is 17.6 Å². The van der Waals surface area contributed by atoms with Crippen LogP contribution >= 0.6 is 11.6 Å². The van der Waals surface area contributed by atoms with Crippen molar-refractivity contribution in [2.45, 2.75) is 0 Å². The number of carboxylic acids is 1. The van der Waals surface area contributed by atoms with E-state index in [1.54, 1.807) is 24.3 Å².